The first-order valence-corrected chi connectivity index (χ1v) is 13.5. The Morgan fingerprint density at radius 3 is 2.82 bits per heavy atom. The Hall–Kier alpha value is -2.47. The summed E-state index contributed by atoms with van der Waals surface area (Å²) in [5, 5.41) is 3.83. The largest absolute Gasteiger partial charge is 0.462 e. The van der Waals surface area contributed by atoms with Crippen molar-refractivity contribution in [2.24, 2.45) is 5.92 Å². The molecular weight excluding hydrogens is 500 g/mol. The van der Waals surface area contributed by atoms with Crippen LogP contribution in [0.25, 0.3) is 10.2 Å². The summed E-state index contributed by atoms with van der Waals surface area (Å²) < 4.78 is 34.3. The third-order valence-corrected chi connectivity index (χ3v) is 8.94. The minimum Gasteiger partial charge on any atom is -0.462 e. The molecule has 2 N–H and O–H groups in total. The summed E-state index contributed by atoms with van der Waals surface area (Å²) in [5.74, 6) is -1.53. The highest BCUT2D eigenvalue weighted by Gasteiger charge is 2.38. The van der Waals surface area contributed by atoms with Crippen LogP contribution in [0, 0.1) is 19.8 Å². The van der Waals surface area contributed by atoms with Crippen LogP contribution in [-0.2, 0) is 19.6 Å². The lowest BCUT2D eigenvalue weighted by molar-refractivity contribution is -0.120. The van der Waals surface area contributed by atoms with Gasteiger partial charge in [0.2, 0.25) is 15.9 Å². The van der Waals surface area contributed by atoms with Crippen LogP contribution in [0.5, 0.6) is 0 Å². The average molecular weight is 525 g/mol. The van der Waals surface area contributed by atoms with E-state index in [1.54, 1.807) is 39.0 Å². The van der Waals surface area contributed by atoms with Gasteiger partial charge in [0.1, 0.15) is 10.5 Å². The van der Waals surface area contributed by atoms with Crippen LogP contribution in [0.3, 0.4) is 0 Å². The summed E-state index contributed by atoms with van der Waals surface area (Å²) in [6.45, 7) is 5.31. The van der Waals surface area contributed by atoms with Crippen molar-refractivity contribution in [2.45, 2.75) is 38.5 Å². The fraction of sp³-hybridized carbons (Fsp3) is 0.409. The lowest BCUT2D eigenvalue weighted by Crippen LogP contribution is -2.44. The van der Waals surface area contributed by atoms with Crippen molar-refractivity contribution in [2.75, 3.05) is 25.0 Å². The molecular formula is C22H25ClN4O5S2. The molecule has 34 heavy (non-hydrogen) atoms. The molecule has 9 nitrogen and oxygen atoms in total. The van der Waals surface area contributed by atoms with E-state index < -0.39 is 21.9 Å². The normalized spacial score (nSPS) is 17.1. The van der Waals surface area contributed by atoms with E-state index in [9.17, 15) is 18.0 Å². The highest BCUT2D eigenvalue weighted by atomic mass is 35.5. The van der Waals surface area contributed by atoms with Crippen molar-refractivity contribution in [3.63, 3.8) is 0 Å². The van der Waals surface area contributed by atoms with E-state index in [1.165, 1.54) is 15.6 Å². The van der Waals surface area contributed by atoms with E-state index >= 15 is 0 Å². The van der Waals surface area contributed by atoms with Gasteiger partial charge in [-0.05, 0) is 51.8 Å². The molecule has 1 aromatic carbocycles. The van der Waals surface area contributed by atoms with Crippen molar-refractivity contribution in [1.29, 1.82) is 0 Å². The number of aromatic amines is 1. The minimum atomic E-state index is -4.04. The summed E-state index contributed by atoms with van der Waals surface area (Å²) in [6, 6.07) is 5.29. The number of carbonyl (C=O) groups is 2. The first-order valence-electron chi connectivity index (χ1n) is 10.8. The first-order chi connectivity index (χ1) is 16.1. The molecule has 2 aromatic heterocycles. The van der Waals surface area contributed by atoms with Crippen molar-refractivity contribution >= 4 is 60.2 Å². The third-order valence-electron chi connectivity index (χ3n) is 5.73. The smallest absolute Gasteiger partial charge is 0.341 e. The molecule has 0 bridgehead atoms. The predicted molar refractivity (Wildman–Crippen MR) is 131 cm³/mol. The number of aromatic nitrogens is 2. The van der Waals surface area contributed by atoms with Crippen LogP contribution in [0.15, 0.2) is 23.1 Å². The Balaban J connectivity index is 1.55. The molecule has 1 atom stereocenters. The number of H-pyrrole nitrogens is 1. The molecule has 1 aliphatic rings. The van der Waals surface area contributed by atoms with Gasteiger partial charge in [0, 0.05) is 29.5 Å². The Bertz CT molecular complexity index is 1370. The maximum atomic E-state index is 13.6. The van der Waals surface area contributed by atoms with Crippen LogP contribution in [0.1, 0.15) is 41.5 Å². The molecule has 1 amide bonds. The van der Waals surface area contributed by atoms with Gasteiger partial charge < -0.3 is 15.0 Å². The number of nitrogens with one attached hydrogen (secondary N) is 2. The average Bonchev–Trinajstić information content (AvgIpc) is 3.32. The predicted octanol–water partition coefficient (Wildman–Crippen LogP) is 4.11. The van der Waals surface area contributed by atoms with Crippen LogP contribution in [0.4, 0.5) is 5.13 Å². The van der Waals surface area contributed by atoms with Gasteiger partial charge in [-0.1, -0.05) is 22.9 Å². The summed E-state index contributed by atoms with van der Waals surface area (Å²) in [7, 11) is -4.04. The highest BCUT2D eigenvalue weighted by Crippen LogP contribution is 2.32. The number of hydrogen-bond acceptors (Lipinski definition) is 7. The van der Waals surface area contributed by atoms with Crippen molar-refractivity contribution in [1.82, 2.24) is 14.3 Å². The van der Waals surface area contributed by atoms with E-state index in [0.717, 1.165) is 10.2 Å². The first kappa shape index (κ1) is 24.6. The van der Waals surface area contributed by atoms with E-state index in [2.05, 4.69) is 15.3 Å². The molecule has 0 aliphatic carbocycles. The summed E-state index contributed by atoms with van der Waals surface area (Å²) in [4.78, 5) is 32.7. The highest BCUT2D eigenvalue weighted by molar-refractivity contribution is 7.89. The van der Waals surface area contributed by atoms with E-state index in [0.29, 0.717) is 34.4 Å². The quantitative estimate of drug-likeness (QED) is 0.468. The van der Waals surface area contributed by atoms with Crippen LogP contribution < -0.4 is 5.32 Å². The maximum Gasteiger partial charge on any atom is 0.341 e. The molecule has 3 heterocycles. The number of hydrogen-bond donors (Lipinski definition) is 2. The van der Waals surface area contributed by atoms with Gasteiger partial charge in [0.25, 0.3) is 0 Å². The molecule has 0 spiro atoms. The molecule has 1 fully saturated rings. The number of carbonyl (C=O) groups excluding carboxylic acids is 2. The standard InChI is InChI=1S/C22H25ClN4O5S2/c1-4-32-21(29)18-12(2)24-13(3)19(18)34(30,31)27-9-5-6-14(11-27)20(28)26-22-25-16-8-7-15(23)10-17(16)33-22/h7-8,10,14,24H,4-6,9,11H2,1-3H3,(H,25,26,28)/t14-/m0/s1. The van der Waals surface area contributed by atoms with Crippen LogP contribution in [0.2, 0.25) is 5.02 Å². The van der Waals surface area contributed by atoms with Crippen molar-refractivity contribution in [3.05, 3.63) is 40.2 Å². The monoisotopic (exact) mass is 524 g/mol. The van der Waals surface area contributed by atoms with Gasteiger partial charge in [-0.15, -0.1) is 0 Å². The molecule has 0 unspecified atom stereocenters. The fourth-order valence-electron chi connectivity index (χ4n) is 4.19. The number of fused-ring (bicyclic) bond motifs is 1. The molecule has 182 valence electrons. The van der Waals surface area contributed by atoms with Gasteiger partial charge in [-0.25, -0.2) is 18.2 Å². The summed E-state index contributed by atoms with van der Waals surface area (Å²) in [5.41, 5.74) is 1.53. The topological polar surface area (TPSA) is 121 Å². The molecule has 1 saturated heterocycles. The number of rotatable bonds is 6. The Kier molecular flexibility index (Phi) is 6.99. The number of esters is 1. The lowest BCUT2D eigenvalue weighted by atomic mass is 9.99. The van der Waals surface area contributed by atoms with E-state index in [-0.39, 0.29) is 36.1 Å². The molecule has 1 aliphatic heterocycles. The van der Waals surface area contributed by atoms with Gasteiger partial charge in [-0.3, -0.25) is 4.79 Å². The van der Waals surface area contributed by atoms with Crippen LogP contribution >= 0.6 is 22.9 Å². The molecule has 12 heteroatoms. The van der Waals surface area contributed by atoms with E-state index in [4.69, 9.17) is 16.3 Å². The number of halogens is 1. The zero-order chi connectivity index (χ0) is 24.6. The second-order valence-electron chi connectivity index (χ2n) is 8.12. The van der Waals surface area contributed by atoms with Gasteiger partial charge in [-0.2, -0.15) is 4.31 Å². The number of anilines is 1. The molecule has 0 saturated carbocycles. The minimum absolute atomic E-state index is 0.0107. The van der Waals surface area contributed by atoms with Crippen LogP contribution in [-0.4, -0.2) is 54.3 Å². The molecule has 4 rings (SSSR count). The number of aryl methyl sites for hydroxylation is 2. The second kappa shape index (κ2) is 9.65. The van der Waals surface area contributed by atoms with E-state index in [1.807, 2.05) is 0 Å². The number of thiazole rings is 1. The zero-order valence-corrected chi connectivity index (χ0v) is 21.4. The van der Waals surface area contributed by atoms with Gasteiger partial charge in [0.15, 0.2) is 5.13 Å². The van der Waals surface area contributed by atoms with Gasteiger partial charge in [0.05, 0.1) is 22.7 Å². The second-order valence-corrected chi connectivity index (χ2v) is 11.5. The fourth-order valence-corrected chi connectivity index (χ4v) is 7.27. The number of benzene rings is 1. The zero-order valence-electron chi connectivity index (χ0n) is 19.0. The Labute approximate surface area is 206 Å². The summed E-state index contributed by atoms with van der Waals surface area (Å²) in [6.07, 6.45) is 1.06. The van der Waals surface area contributed by atoms with Gasteiger partial charge >= 0.3 is 5.97 Å². The number of piperidine rings is 1. The molecule has 0 radical (unpaired) electrons. The van der Waals surface area contributed by atoms with Crippen molar-refractivity contribution in [3.8, 4) is 0 Å². The number of ether oxygens (including phenoxy) is 1. The maximum absolute atomic E-state index is 13.6. The summed E-state index contributed by atoms with van der Waals surface area (Å²) >= 11 is 7.33. The number of amides is 1. The SMILES string of the molecule is CCOC(=O)c1c(C)[nH]c(C)c1S(=O)(=O)N1CCC[C@H](C(=O)Nc2nc3ccc(Cl)cc3s2)C1. The number of sulfonamides is 1. The van der Waals surface area contributed by atoms with Crippen molar-refractivity contribution < 1.29 is 22.7 Å². The lowest BCUT2D eigenvalue weighted by Gasteiger charge is -2.31. The Morgan fingerprint density at radius 2 is 2.09 bits per heavy atom. The third kappa shape index (κ3) is 4.70. The molecule has 3 aromatic rings. The number of nitrogens with zero attached hydrogens (tertiary/aromatic N) is 2. The Morgan fingerprint density at radius 1 is 1.32 bits per heavy atom.